The molecule has 15 nitrogen and oxygen atoms in total. The second kappa shape index (κ2) is 17.4. The minimum absolute atomic E-state index is 0.0822. The average Bonchev–Trinajstić information content (AvgIpc) is 3.79. The third-order valence-corrected chi connectivity index (χ3v) is 13.6. The SMILES string of the molecule is COc1cc2nn([C@H]3CC[C@H](CN4CCC(CO[C@H]5C[C@H](Nc6cccc7c6C(=O)N(C6CCC(=O)NC6=O)C7=O)C5)CC4)CC3)cc2cc1NC(=O)c1cccc(C(C)(C)F)n1. The van der Waals surface area contributed by atoms with Crippen molar-refractivity contribution in [2.45, 2.75) is 108 Å². The minimum Gasteiger partial charge on any atom is -0.494 e. The molecular weight excluding hydrogens is 808 g/mol. The van der Waals surface area contributed by atoms with Crippen LogP contribution in [0.15, 0.2) is 54.7 Å². The van der Waals surface area contributed by atoms with Gasteiger partial charge in [0.2, 0.25) is 11.8 Å². The Morgan fingerprint density at radius 2 is 1.68 bits per heavy atom. The molecular formula is C47H55FN8O7. The van der Waals surface area contributed by atoms with Gasteiger partial charge in [-0.3, -0.25) is 38.9 Å². The van der Waals surface area contributed by atoms with Gasteiger partial charge in [0.25, 0.3) is 17.7 Å². The number of rotatable bonds is 13. The summed E-state index contributed by atoms with van der Waals surface area (Å²) in [5, 5.41) is 14.4. The number of methoxy groups -OCH3 is 1. The van der Waals surface area contributed by atoms with Gasteiger partial charge < -0.3 is 25.0 Å². The molecule has 2 saturated carbocycles. The fraction of sp³-hybridized carbons (Fsp3) is 0.511. The van der Waals surface area contributed by atoms with Crippen molar-refractivity contribution >= 4 is 51.8 Å². The van der Waals surface area contributed by atoms with E-state index in [-0.39, 0.29) is 47.5 Å². The number of benzene rings is 2. The molecule has 16 heteroatoms. The summed E-state index contributed by atoms with van der Waals surface area (Å²) in [7, 11) is 1.55. The summed E-state index contributed by atoms with van der Waals surface area (Å²) in [6.45, 7) is 6.82. The zero-order chi connectivity index (χ0) is 44.0. The molecule has 5 heterocycles. The lowest BCUT2D eigenvalue weighted by Crippen LogP contribution is -2.54. The molecule has 4 aromatic rings. The monoisotopic (exact) mass is 862 g/mol. The number of nitrogens with one attached hydrogen (secondary N) is 3. The molecule has 1 unspecified atom stereocenters. The van der Waals surface area contributed by atoms with E-state index in [1.54, 1.807) is 43.5 Å². The maximum absolute atomic E-state index is 14.5. The molecule has 2 aromatic carbocycles. The lowest BCUT2D eigenvalue weighted by molar-refractivity contribution is -0.136. The van der Waals surface area contributed by atoms with Gasteiger partial charge in [0, 0.05) is 49.0 Å². The summed E-state index contributed by atoms with van der Waals surface area (Å²) in [6.07, 6.45) is 10.6. The average molecular weight is 863 g/mol. The largest absolute Gasteiger partial charge is 0.494 e. The number of carbonyl (C=O) groups excluding carboxylic acids is 5. The second-order valence-electron chi connectivity index (χ2n) is 18.4. The third-order valence-electron chi connectivity index (χ3n) is 13.6. The van der Waals surface area contributed by atoms with Crippen molar-refractivity contribution in [1.82, 2.24) is 29.9 Å². The van der Waals surface area contributed by atoms with Gasteiger partial charge in [0.15, 0.2) is 0 Å². The van der Waals surface area contributed by atoms with E-state index in [4.69, 9.17) is 14.6 Å². The summed E-state index contributed by atoms with van der Waals surface area (Å²) in [5.41, 5.74) is 1.08. The number of alkyl halides is 1. The number of pyridine rings is 1. The predicted octanol–water partition coefficient (Wildman–Crippen LogP) is 6.40. The van der Waals surface area contributed by atoms with E-state index >= 15 is 0 Å². The lowest BCUT2D eigenvalue weighted by Gasteiger charge is -2.39. The highest BCUT2D eigenvalue weighted by Gasteiger charge is 2.46. The predicted molar refractivity (Wildman–Crippen MR) is 232 cm³/mol. The summed E-state index contributed by atoms with van der Waals surface area (Å²) >= 11 is 0. The van der Waals surface area contributed by atoms with E-state index < -0.39 is 41.2 Å². The first kappa shape index (κ1) is 42.6. The summed E-state index contributed by atoms with van der Waals surface area (Å²) in [4.78, 5) is 71.8. The number of amides is 5. The van der Waals surface area contributed by atoms with Crippen molar-refractivity contribution in [3.8, 4) is 5.75 Å². The quantitative estimate of drug-likeness (QED) is 0.127. The van der Waals surface area contributed by atoms with Crippen molar-refractivity contribution in [3.05, 3.63) is 77.2 Å². The highest BCUT2D eigenvalue weighted by Crippen LogP contribution is 2.38. The molecule has 0 spiro atoms. The topological polar surface area (TPSA) is 177 Å². The first-order chi connectivity index (χ1) is 30.3. The highest BCUT2D eigenvalue weighted by atomic mass is 19.1. The van der Waals surface area contributed by atoms with Crippen molar-refractivity contribution in [3.63, 3.8) is 0 Å². The lowest BCUT2D eigenvalue weighted by atomic mass is 9.85. The van der Waals surface area contributed by atoms with Crippen LogP contribution in [-0.2, 0) is 20.0 Å². The minimum atomic E-state index is -1.67. The smallest absolute Gasteiger partial charge is 0.274 e. The number of anilines is 2. The number of fused-ring (bicyclic) bond motifs is 2. The van der Waals surface area contributed by atoms with E-state index in [2.05, 4.69) is 30.5 Å². The molecule has 0 bridgehead atoms. The fourth-order valence-corrected chi connectivity index (χ4v) is 9.84. The fourth-order valence-electron chi connectivity index (χ4n) is 9.84. The molecule has 63 heavy (non-hydrogen) atoms. The molecule has 3 N–H and O–H groups in total. The number of carbonyl (C=O) groups is 5. The molecule has 3 aliphatic heterocycles. The molecule has 0 radical (unpaired) electrons. The molecule has 332 valence electrons. The van der Waals surface area contributed by atoms with Crippen molar-refractivity contribution < 1.29 is 37.8 Å². The van der Waals surface area contributed by atoms with Crippen molar-refractivity contribution in [2.24, 2.45) is 11.8 Å². The first-order valence-corrected chi connectivity index (χ1v) is 22.3. The van der Waals surface area contributed by atoms with Crippen molar-refractivity contribution in [1.29, 1.82) is 0 Å². The van der Waals surface area contributed by atoms with E-state index in [1.807, 2.05) is 18.3 Å². The van der Waals surface area contributed by atoms with Crippen LogP contribution in [0, 0.1) is 11.8 Å². The van der Waals surface area contributed by atoms with E-state index in [9.17, 15) is 28.4 Å². The molecule has 4 fully saturated rings. The van der Waals surface area contributed by atoms with Crippen LogP contribution in [0.5, 0.6) is 5.75 Å². The third kappa shape index (κ3) is 8.92. The Bertz CT molecular complexity index is 2430. The van der Waals surface area contributed by atoms with Gasteiger partial charge in [0.1, 0.15) is 23.2 Å². The number of nitrogens with zero attached hydrogens (tertiary/aromatic N) is 5. The van der Waals surface area contributed by atoms with E-state index in [0.29, 0.717) is 35.0 Å². The van der Waals surface area contributed by atoms with Crippen LogP contribution in [0.4, 0.5) is 15.8 Å². The Hall–Kier alpha value is -5.74. The number of hydrogen-bond acceptors (Lipinski definition) is 11. The zero-order valence-corrected chi connectivity index (χ0v) is 36.0. The molecule has 9 rings (SSSR count). The summed E-state index contributed by atoms with van der Waals surface area (Å²) in [6, 6.07) is 13.0. The van der Waals surface area contributed by atoms with Crippen LogP contribution in [0.25, 0.3) is 10.9 Å². The molecule has 2 aliphatic carbocycles. The number of piperidine rings is 2. The molecule has 1 atom stereocenters. The van der Waals surface area contributed by atoms with Gasteiger partial charge >= 0.3 is 0 Å². The van der Waals surface area contributed by atoms with Gasteiger partial charge in [-0.25, -0.2) is 9.37 Å². The van der Waals surface area contributed by atoms with Crippen LogP contribution >= 0.6 is 0 Å². The molecule has 5 amide bonds. The maximum atomic E-state index is 14.5. The normalized spacial score (nSPS) is 24.6. The number of ether oxygens (including phenoxy) is 2. The number of hydrogen-bond donors (Lipinski definition) is 3. The Balaban J connectivity index is 0.696. The van der Waals surface area contributed by atoms with E-state index in [1.165, 1.54) is 13.8 Å². The van der Waals surface area contributed by atoms with Crippen molar-refractivity contribution in [2.75, 3.05) is 44.0 Å². The second-order valence-corrected chi connectivity index (χ2v) is 18.4. The van der Waals surface area contributed by atoms with Crippen LogP contribution in [0.2, 0.25) is 0 Å². The van der Waals surface area contributed by atoms with Gasteiger partial charge in [-0.1, -0.05) is 12.1 Å². The van der Waals surface area contributed by atoms with Gasteiger partial charge in [-0.15, -0.1) is 0 Å². The number of aromatic nitrogens is 3. The number of halogens is 1. The Morgan fingerprint density at radius 3 is 2.41 bits per heavy atom. The zero-order valence-electron chi connectivity index (χ0n) is 36.0. The maximum Gasteiger partial charge on any atom is 0.274 e. The molecule has 5 aliphatic rings. The number of likely N-dealkylation sites (tertiary alicyclic amines) is 1. The van der Waals surface area contributed by atoms with Crippen LogP contribution in [0.1, 0.15) is 121 Å². The summed E-state index contributed by atoms with van der Waals surface area (Å²) < 4.78 is 28.6. The van der Waals surface area contributed by atoms with E-state index in [0.717, 1.165) is 93.4 Å². The Morgan fingerprint density at radius 1 is 0.921 bits per heavy atom. The van der Waals surface area contributed by atoms with Crippen LogP contribution in [0.3, 0.4) is 0 Å². The highest BCUT2D eigenvalue weighted by molar-refractivity contribution is 6.25. The standard InChI is InChI=1S/C47H55FN8O7/c1-47(2,48)40-9-5-8-35(50-40)43(58)51-37-20-29-25-55(53-36(29)23-39(37)62-3)31-12-10-27(11-13-31)24-54-18-16-28(17-19-54)26-63-32-21-30(22-32)49-34-7-4-6-33-42(34)46(61)56(45(33)60)38-14-15-41(57)52-44(38)59/h4-9,20,23,25,27-28,30-32,38,49H,10-19,21-22,24,26H2,1-3H3,(H,51,58)(H,52,57,59)/t27-,30-,31-,32-,38?. The summed E-state index contributed by atoms with van der Waals surface area (Å²) in [5.74, 6) is -0.810. The van der Waals surface area contributed by atoms with Crippen LogP contribution < -0.4 is 20.7 Å². The molecule has 2 aromatic heterocycles. The van der Waals surface area contributed by atoms with Crippen LogP contribution in [-0.4, -0.2) is 106 Å². The van der Waals surface area contributed by atoms with Gasteiger partial charge in [0.05, 0.1) is 47.3 Å². The molecule has 2 saturated heterocycles. The first-order valence-electron chi connectivity index (χ1n) is 22.3. The Kier molecular flexibility index (Phi) is 11.8. The van der Waals surface area contributed by atoms with Gasteiger partial charge in [-0.2, -0.15) is 5.10 Å². The number of imide groups is 2. The van der Waals surface area contributed by atoms with Gasteiger partial charge in [-0.05, 0) is 127 Å². The Labute approximate surface area is 365 Å².